The van der Waals surface area contributed by atoms with Gasteiger partial charge in [0.25, 0.3) is 0 Å². The Morgan fingerprint density at radius 1 is 1.00 bits per heavy atom. The van der Waals surface area contributed by atoms with Crippen LogP contribution in [0.5, 0.6) is 0 Å². The summed E-state index contributed by atoms with van der Waals surface area (Å²) in [6.45, 7) is 4.42. The number of hydrogen-bond acceptors (Lipinski definition) is 5. The van der Waals surface area contributed by atoms with Gasteiger partial charge in [-0.2, -0.15) is 4.31 Å². The molecule has 2 aliphatic rings. The molecule has 8 nitrogen and oxygen atoms in total. The quantitative estimate of drug-likeness (QED) is 0.582. The van der Waals surface area contributed by atoms with Gasteiger partial charge >= 0.3 is 0 Å². The number of carbonyl (C=O) groups is 2. The summed E-state index contributed by atoms with van der Waals surface area (Å²) in [4.78, 5) is 31.5. The van der Waals surface area contributed by atoms with Crippen LogP contribution in [-0.4, -0.2) is 48.7 Å². The number of hydrogen-bond donors (Lipinski definition) is 1. The largest absolute Gasteiger partial charge is 0.324 e. The summed E-state index contributed by atoms with van der Waals surface area (Å²) < 4.78 is 28.5. The first kappa shape index (κ1) is 22.5. The van der Waals surface area contributed by atoms with Gasteiger partial charge < -0.3 is 10.2 Å². The van der Waals surface area contributed by atoms with Crippen LogP contribution < -0.4 is 10.2 Å². The highest BCUT2D eigenvalue weighted by Gasteiger charge is 2.37. The Labute approximate surface area is 198 Å². The van der Waals surface area contributed by atoms with Crippen LogP contribution in [0.2, 0.25) is 0 Å². The van der Waals surface area contributed by atoms with E-state index >= 15 is 0 Å². The van der Waals surface area contributed by atoms with Crippen molar-refractivity contribution in [2.45, 2.75) is 44.0 Å². The number of aromatic nitrogens is 1. The van der Waals surface area contributed by atoms with E-state index in [4.69, 9.17) is 0 Å². The number of aryl methyl sites for hydroxylation is 2. The van der Waals surface area contributed by atoms with Crippen molar-refractivity contribution in [3.8, 4) is 0 Å². The van der Waals surface area contributed by atoms with Crippen molar-refractivity contribution in [1.29, 1.82) is 0 Å². The van der Waals surface area contributed by atoms with E-state index in [0.717, 1.165) is 16.5 Å². The molecule has 34 heavy (non-hydrogen) atoms. The van der Waals surface area contributed by atoms with E-state index < -0.39 is 10.0 Å². The smallest absolute Gasteiger partial charge is 0.245 e. The van der Waals surface area contributed by atoms with Crippen molar-refractivity contribution in [3.63, 3.8) is 0 Å². The lowest BCUT2D eigenvalue weighted by molar-refractivity contribution is -0.125. The molecule has 1 fully saturated rings. The minimum absolute atomic E-state index is 0.194. The molecule has 0 radical (unpaired) electrons. The zero-order valence-electron chi connectivity index (χ0n) is 19.1. The summed E-state index contributed by atoms with van der Waals surface area (Å²) in [6, 6.07) is 12.5. The van der Waals surface area contributed by atoms with Crippen molar-refractivity contribution in [2.24, 2.45) is 0 Å². The lowest BCUT2D eigenvalue weighted by atomic mass is 10.0. The lowest BCUT2D eigenvalue weighted by Crippen LogP contribution is -2.49. The number of nitrogens with zero attached hydrogens (tertiary/aromatic N) is 3. The van der Waals surface area contributed by atoms with Crippen LogP contribution in [0.15, 0.2) is 53.6 Å². The van der Waals surface area contributed by atoms with Crippen molar-refractivity contribution in [1.82, 2.24) is 9.29 Å². The number of pyridine rings is 1. The third kappa shape index (κ3) is 3.95. The number of carbonyl (C=O) groups excluding carboxylic acids is 2. The van der Waals surface area contributed by atoms with Gasteiger partial charge in [-0.3, -0.25) is 14.6 Å². The first-order valence-corrected chi connectivity index (χ1v) is 12.8. The molecule has 5 rings (SSSR count). The second kappa shape index (κ2) is 8.48. The molecule has 9 heteroatoms. The molecule has 176 valence electrons. The number of fused-ring (bicyclic) bond motifs is 2. The molecule has 2 aliphatic heterocycles. The molecule has 1 N–H and O–H groups in total. The van der Waals surface area contributed by atoms with Crippen molar-refractivity contribution in [2.75, 3.05) is 23.3 Å². The maximum atomic E-state index is 13.5. The number of sulfonamides is 1. The molecule has 3 aromatic rings. The maximum Gasteiger partial charge on any atom is 0.245 e. The number of rotatable bonds is 3. The van der Waals surface area contributed by atoms with Gasteiger partial charge in [-0.15, -0.1) is 0 Å². The zero-order chi connectivity index (χ0) is 24.0. The Morgan fingerprint density at radius 3 is 2.53 bits per heavy atom. The Balaban J connectivity index is 1.42. The number of para-hydroxylation sites is 1. The number of benzene rings is 2. The molecule has 2 amide bonds. The first-order valence-electron chi connectivity index (χ1n) is 11.3. The molecule has 0 spiro atoms. The molecule has 0 aliphatic carbocycles. The molecule has 0 saturated carbocycles. The van der Waals surface area contributed by atoms with E-state index in [1.54, 1.807) is 23.2 Å². The number of piperidine rings is 1. The van der Waals surface area contributed by atoms with Crippen LogP contribution in [0.25, 0.3) is 10.9 Å². The summed E-state index contributed by atoms with van der Waals surface area (Å²) >= 11 is 0. The molecule has 3 heterocycles. The highest BCUT2D eigenvalue weighted by atomic mass is 32.2. The van der Waals surface area contributed by atoms with E-state index in [2.05, 4.69) is 10.3 Å². The molecular weight excluding hydrogens is 452 g/mol. The van der Waals surface area contributed by atoms with E-state index in [-0.39, 0.29) is 42.3 Å². The molecular formula is C25H26N4O4S. The van der Waals surface area contributed by atoms with Crippen LogP contribution in [-0.2, 0) is 19.6 Å². The van der Waals surface area contributed by atoms with Crippen LogP contribution in [0.3, 0.4) is 0 Å². The highest BCUT2D eigenvalue weighted by molar-refractivity contribution is 7.89. The van der Waals surface area contributed by atoms with Crippen molar-refractivity contribution < 1.29 is 18.0 Å². The van der Waals surface area contributed by atoms with E-state index in [0.29, 0.717) is 29.7 Å². The Kier molecular flexibility index (Phi) is 5.61. The van der Waals surface area contributed by atoms with Gasteiger partial charge in [-0.05, 0) is 62.1 Å². The van der Waals surface area contributed by atoms with E-state index in [1.165, 1.54) is 4.31 Å². The SMILES string of the molecule is Cc1ccc2c(c1)N(C1CCN(S(=O)(=O)c3cccc4cc(C)cnc34)CC1)C(=O)CC(=O)N2. The summed E-state index contributed by atoms with van der Waals surface area (Å²) in [6.07, 6.45) is 2.40. The molecule has 1 aromatic heterocycles. The van der Waals surface area contributed by atoms with Crippen molar-refractivity contribution in [3.05, 3.63) is 59.8 Å². The molecule has 0 atom stereocenters. The summed E-state index contributed by atoms with van der Waals surface area (Å²) in [7, 11) is -3.75. The van der Waals surface area contributed by atoms with Gasteiger partial charge in [0, 0.05) is 30.7 Å². The predicted octanol–water partition coefficient (Wildman–Crippen LogP) is 3.38. The van der Waals surface area contributed by atoms with Crippen molar-refractivity contribution >= 4 is 44.1 Å². The van der Waals surface area contributed by atoms with Gasteiger partial charge in [0.05, 0.1) is 16.9 Å². The van der Waals surface area contributed by atoms with Crippen LogP contribution in [0.4, 0.5) is 11.4 Å². The van der Waals surface area contributed by atoms with Gasteiger partial charge in [-0.25, -0.2) is 8.42 Å². The minimum atomic E-state index is -3.75. The number of amides is 2. The normalized spacial score (nSPS) is 18.0. The maximum absolute atomic E-state index is 13.5. The fourth-order valence-electron chi connectivity index (χ4n) is 4.83. The van der Waals surface area contributed by atoms with Gasteiger partial charge in [-0.1, -0.05) is 18.2 Å². The Hall–Kier alpha value is -3.30. The average Bonchev–Trinajstić information content (AvgIpc) is 2.92. The van der Waals surface area contributed by atoms with E-state index in [1.807, 2.05) is 44.2 Å². The van der Waals surface area contributed by atoms with Crippen LogP contribution >= 0.6 is 0 Å². The highest BCUT2D eigenvalue weighted by Crippen LogP contribution is 2.35. The van der Waals surface area contributed by atoms with Gasteiger partial charge in [0.1, 0.15) is 11.3 Å². The second-order valence-electron chi connectivity index (χ2n) is 8.99. The predicted molar refractivity (Wildman–Crippen MR) is 130 cm³/mol. The summed E-state index contributed by atoms with van der Waals surface area (Å²) in [5, 5.41) is 3.60. The summed E-state index contributed by atoms with van der Waals surface area (Å²) in [5.41, 5.74) is 3.69. The fraction of sp³-hybridized carbons (Fsp3) is 0.320. The van der Waals surface area contributed by atoms with E-state index in [9.17, 15) is 18.0 Å². The van der Waals surface area contributed by atoms with Crippen LogP contribution in [0.1, 0.15) is 30.4 Å². The zero-order valence-corrected chi connectivity index (χ0v) is 19.9. The third-order valence-corrected chi connectivity index (χ3v) is 8.41. The van der Waals surface area contributed by atoms with Gasteiger partial charge in [0.2, 0.25) is 21.8 Å². The Bertz CT molecular complexity index is 1410. The van der Waals surface area contributed by atoms with Gasteiger partial charge in [0.15, 0.2) is 0 Å². The summed E-state index contributed by atoms with van der Waals surface area (Å²) in [5.74, 6) is -0.604. The third-order valence-electron chi connectivity index (χ3n) is 6.48. The fourth-order valence-corrected chi connectivity index (χ4v) is 6.46. The molecule has 2 aromatic carbocycles. The molecule has 0 bridgehead atoms. The Morgan fingerprint density at radius 2 is 1.76 bits per heavy atom. The first-order chi connectivity index (χ1) is 16.2. The monoisotopic (exact) mass is 478 g/mol. The topological polar surface area (TPSA) is 99.7 Å². The number of nitrogens with one attached hydrogen (secondary N) is 1. The lowest BCUT2D eigenvalue weighted by Gasteiger charge is -2.38. The average molecular weight is 479 g/mol. The second-order valence-corrected chi connectivity index (χ2v) is 10.9. The van der Waals surface area contributed by atoms with Crippen LogP contribution in [0, 0.1) is 13.8 Å². The minimum Gasteiger partial charge on any atom is -0.324 e. The number of anilines is 2. The molecule has 1 saturated heterocycles. The molecule has 0 unspecified atom stereocenters. The standard InChI is InChI=1S/C25H26N4O4S/c1-16-6-7-20-21(13-16)29(24(31)14-23(30)27-20)19-8-10-28(11-9-19)34(32,33)22-5-3-4-18-12-17(2)15-26-25(18)22/h3-7,12-13,15,19H,8-11,14H2,1-2H3,(H,27,30).